The topological polar surface area (TPSA) is 72.4 Å². The van der Waals surface area contributed by atoms with Crippen molar-refractivity contribution in [2.45, 2.75) is 19.2 Å². The summed E-state index contributed by atoms with van der Waals surface area (Å²) in [5.74, 6) is -0.0953. The first kappa shape index (κ1) is 19.2. The van der Waals surface area contributed by atoms with E-state index in [4.69, 9.17) is 4.74 Å². The van der Waals surface area contributed by atoms with Gasteiger partial charge in [0.1, 0.15) is 6.10 Å². The predicted molar refractivity (Wildman–Crippen MR) is 98.0 cm³/mol. The van der Waals surface area contributed by atoms with Crippen molar-refractivity contribution < 1.29 is 9.53 Å². The Hall–Kier alpha value is -2.15. The number of benzene rings is 1. The van der Waals surface area contributed by atoms with E-state index in [0.29, 0.717) is 26.2 Å². The van der Waals surface area contributed by atoms with Crippen LogP contribution in [0.25, 0.3) is 0 Å². The number of aromatic nitrogens is 1. The van der Waals surface area contributed by atoms with Crippen LogP contribution in [-0.4, -0.2) is 36.3 Å². The van der Waals surface area contributed by atoms with E-state index in [1.54, 1.807) is 22.9 Å². The summed E-state index contributed by atoms with van der Waals surface area (Å²) in [5.41, 5.74) is 2.03. The Morgan fingerprint density at radius 1 is 1.20 bits per heavy atom. The summed E-state index contributed by atoms with van der Waals surface area (Å²) in [6, 6.07) is 13.0. The number of hydrogen-bond donors (Lipinski definition) is 2. The van der Waals surface area contributed by atoms with Crippen molar-refractivity contribution in [1.29, 1.82) is 0 Å². The van der Waals surface area contributed by atoms with Gasteiger partial charge in [0, 0.05) is 31.9 Å². The highest BCUT2D eigenvalue weighted by molar-refractivity contribution is 5.85. The number of amides is 1. The molecule has 25 heavy (non-hydrogen) atoms. The average molecular weight is 364 g/mol. The number of nitrogens with zero attached hydrogens (tertiary/aromatic N) is 1. The van der Waals surface area contributed by atoms with Gasteiger partial charge in [0.05, 0.1) is 13.2 Å². The lowest BCUT2D eigenvalue weighted by molar-refractivity contribution is -0.134. The first-order chi connectivity index (χ1) is 11.7. The minimum atomic E-state index is -0.414. The number of halogens is 1. The molecule has 0 saturated carbocycles. The number of hydrogen-bond acceptors (Lipinski definition) is 4. The number of rotatable bonds is 5. The fourth-order valence-corrected chi connectivity index (χ4v) is 2.59. The third kappa shape index (κ3) is 5.42. The van der Waals surface area contributed by atoms with Crippen molar-refractivity contribution in [3.8, 4) is 0 Å². The Kier molecular flexibility index (Phi) is 7.18. The largest absolute Gasteiger partial charge is 0.366 e. The van der Waals surface area contributed by atoms with Crippen molar-refractivity contribution in [2.75, 3.05) is 19.7 Å². The minimum absolute atomic E-state index is 0. The maximum absolute atomic E-state index is 12.0. The van der Waals surface area contributed by atoms with Crippen LogP contribution in [0.3, 0.4) is 0 Å². The van der Waals surface area contributed by atoms with E-state index < -0.39 is 6.10 Å². The molecule has 1 aromatic carbocycles. The fourth-order valence-electron chi connectivity index (χ4n) is 2.59. The Morgan fingerprint density at radius 2 is 1.96 bits per heavy atom. The molecule has 1 aromatic heterocycles. The van der Waals surface area contributed by atoms with Gasteiger partial charge < -0.3 is 19.9 Å². The highest BCUT2D eigenvalue weighted by Crippen LogP contribution is 2.06. The summed E-state index contributed by atoms with van der Waals surface area (Å²) in [6.45, 7) is 2.90. The molecule has 6 nitrogen and oxygen atoms in total. The molecule has 0 aliphatic carbocycles. The number of carbonyl (C=O) groups is 1. The standard InChI is InChI=1S/C18H21N3O3.ClH/c22-17-3-1-2-9-21(17)13-15-6-4-14(5-7-15)11-20-18(23)16-12-19-8-10-24-16;/h1-7,9,16,19H,8,10-13H2,(H,20,23);1H. The molecule has 134 valence electrons. The van der Waals surface area contributed by atoms with E-state index in [0.717, 1.165) is 17.7 Å². The number of ether oxygens (including phenoxy) is 1. The molecular formula is C18H22ClN3O3. The van der Waals surface area contributed by atoms with Crippen molar-refractivity contribution in [2.24, 2.45) is 0 Å². The molecule has 1 fully saturated rings. The summed E-state index contributed by atoms with van der Waals surface area (Å²) >= 11 is 0. The van der Waals surface area contributed by atoms with Crippen LogP contribution in [0.1, 0.15) is 11.1 Å². The van der Waals surface area contributed by atoms with E-state index in [2.05, 4.69) is 10.6 Å². The van der Waals surface area contributed by atoms with Crippen LogP contribution in [0.2, 0.25) is 0 Å². The van der Waals surface area contributed by atoms with Crippen LogP contribution in [-0.2, 0) is 22.6 Å². The molecule has 1 aliphatic rings. The average Bonchev–Trinajstić information content (AvgIpc) is 2.63. The molecule has 2 heterocycles. The number of nitrogens with one attached hydrogen (secondary N) is 2. The lowest BCUT2D eigenvalue weighted by Gasteiger charge is -2.22. The lowest BCUT2D eigenvalue weighted by atomic mass is 10.1. The van der Waals surface area contributed by atoms with Crippen LogP contribution >= 0.6 is 12.4 Å². The molecule has 2 aromatic rings. The van der Waals surface area contributed by atoms with Crippen molar-refractivity contribution in [1.82, 2.24) is 15.2 Å². The number of carbonyl (C=O) groups excluding carboxylic acids is 1. The molecule has 1 saturated heterocycles. The Morgan fingerprint density at radius 3 is 2.64 bits per heavy atom. The molecule has 7 heteroatoms. The van der Waals surface area contributed by atoms with Crippen LogP contribution in [0.5, 0.6) is 0 Å². The van der Waals surface area contributed by atoms with E-state index in [1.807, 2.05) is 30.3 Å². The molecule has 0 bridgehead atoms. The molecule has 1 unspecified atom stereocenters. The zero-order chi connectivity index (χ0) is 16.8. The monoisotopic (exact) mass is 363 g/mol. The number of morpholine rings is 1. The Bertz CT molecular complexity index is 740. The predicted octanol–water partition coefficient (Wildman–Crippen LogP) is 0.923. The van der Waals surface area contributed by atoms with E-state index in [1.165, 1.54) is 0 Å². The minimum Gasteiger partial charge on any atom is -0.366 e. The van der Waals surface area contributed by atoms with E-state index in [9.17, 15) is 9.59 Å². The van der Waals surface area contributed by atoms with Gasteiger partial charge in [0.2, 0.25) is 0 Å². The summed E-state index contributed by atoms with van der Waals surface area (Å²) in [5, 5.41) is 6.02. The first-order valence-corrected chi connectivity index (χ1v) is 8.06. The smallest absolute Gasteiger partial charge is 0.250 e. The van der Waals surface area contributed by atoms with Gasteiger partial charge in [0.25, 0.3) is 11.5 Å². The molecule has 1 atom stereocenters. The maximum atomic E-state index is 12.0. The molecule has 1 aliphatic heterocycles. The lowest BCUT2D eigenvalue weighted by Crippen LogP contribution is -2.47. The van der Waals surface area contributed by atoms with Gasteiger partial charge in [-0.1, -0.05) is 30.3 Å². The number of pyridine rings is 1. The van der Waals surface area contributed by atoms with Crippen LogP contribution in [0.4, 0.5) is 0 Å². The van der Waals surface area contributed by atoms with Crippen LogP contribution in [0.15, 0.2) is 53.5 Å². The SMILES string of the molecule is Cl.O=C(NCc1ccc(Cn2ccccc2=O)cc1)C1CNCCO1. The zero-order valence-corrected chi connectivity index (χ0v) is 14.6. The molecule has 1 amide bonds. The summed E-state index contributed by atoms with van der Waals surface area (Å²) < 4.78 is 7.07. The maximum Gasteiger partial charge on any atom is 0.250 e. The first-order valence-electron chi connectivity index (χ1n) is 8.06. The van der Waals surface area contributed by atoms with Crippen LogP contribution in [0, 0.1) is 0 Å². The molecular weight excluding hydrogens is 342 g/mol. The molecule has 3 rings (SSSR count). The molecule has 0 radical (unpaired) electrons. The van der Waals surface area contributed by atoms with Gasteiger partial charge in [-0.2, -0.15) is 0 Å². The van der Waals surface area contributed by atoms with Gasteiger partial charge in [-0.15, -0.1) is 12.4 Å². The third-order valence-corrected chi connectivity index (χ3v) is 3.96. The highest BCUT2D eigenvalue weighted by Gasteiger charge is 2.21. The van der Waals surface area contributed by atoms with Gasteiger partial charge >= 0.3 is 0 Å². The zero-order valence-electron chi connectivity index (χ0n) is 13.8. The Balaban J connectivity index is 0.00000225. The second-order valence-corrected chi connectivity index (χ2v) is 5.76. The molecule has 2 N–H and O–H groups in total. The summed E-state index contributed by atoms with van der Waals surface area (Å²) in [7, 11) is 0. The van der Waals surface area contributed by atoms with Gasteiger partial charge in [-0.05, 0) is 17.2 Å². The van der Waals surface area contributed by atoms with Crippen molar-refractivity contribution >= 4 is 18.3 Å². The van der Waals surface area contributed by atoms with Gasteiger partial charge in [-0.25, -0.2) is 0 Å². The second-order valence-electron chi connectivity index (χ2n) is 5.76. The second kappa shape index (κ2) is 9.36. The van der Waals surface area contributed by atoms with Crippen molar-refractivity contribution in [3.63, 3.8) is 0 Å². The Labute approximate surface area is 152 Å². The van der Waals surface area contributed by atoms with Crippen LogP contribution < -0.4 is 16.2 Å². The normalized spacial score (nSPS) is 16.7. The molecule has 0 spiro atoms. The van der Waals surface area contributed by atoms with E-state index >= 15 is 0 Å². The summed E-state index contributed by atoms with van der Waals surface area (Å²) in [4.78, 5) is 23.7. The quantitative estimate of drug-likeness (QED) is 0.828. The fraction of sp³-hybridized carbons (Fsp3) is 0.333. The van der Waals surface area contributed by atoms with Gasteiger partial charge in [0.15, 0.2) is 0 Å². The summed E-state index contributed by atoms with van der Waals surface area (Å²) in [6.07, 6.45) is 1.36. The van der Waals surface area contributed by atoms with Gasteiger partial charge in [-0.3, -0.25) is 9.59 Å². The highest BCUT2D eigenvalue weighted by atomic mass is 35.5. The van der Waals surface area contributed by atoms with E-state index in [-0.39, 0.29) is 23.9 Å². The van der Waals surface area contributed by atoms with Crippen molar-refractivity contribution in [3.05, 3.63) is 70.1 Å². The third-order valence-electron chi connectivity index (χ3n) is 3.96.